The van der Waals surface area contributed by atoms with Gasteiger partial charge in [0.2, 0.25) is 5.91 Å². The molecule has 4 N–H and O–H groups in total. The van der Waals surface area contributed by atoms with Crippen molar-refractivity contribution in [2.75, 3.05) is 5.32 Å². The van der Waals surface area contributed by atoms with Crippen LogP contribution in [-0.2, 0) is 17.8 Å². The van der Waals surface area contributed by atoms with Gasteiger partial charge in [-0.1, -0.05) is 18.2 Å². The lowest BCUT2D eigenvalue weighted by molar-refractivity contribution is -0.121. The first-order valence-electron chi connectivity index (χ1n) is 10.0. The molecular formula is C20H26N6O. The molecule has 3 unspecified atom stereocenters. The van der Waals surface area contributed by atoms with E-state index < -0.39 is 0 Å². The predicted octanol–water partition coefficient (Wildman–Crippen LogP) is 1.97. The maximum absolute atomic E-state index is 12.9. The number of aromatic nitrogens is 2. The highest BCUT2D eigenvalue weighted by atomic mass is 16.1. The molecule has 27 heavy (non-hydrogen) atoms. The number of para-hydroxylation sites is 1. The van der Waals surface area contributed by atoms with Gasteiger partial charge in [0, 0.05) is 42.7 Å². The van der Waals surface area contributed by atoms with Crippen LogP contribution in [0.3, 0.4) is 0 Å². The van der Waals surface area contributed by atoms with Crippen molar-refractivity contribution in [2.45, 2.75) is 57.2 Å². The minimum absolute atomic E-state index is 0.0312. The van der Waals surface area contributed by atoms with Gasteiger partial charge >= 0.3 is 0 Å². The van der Waals surface area contributed by atoms with Gasteiger partial charge in [0.25, 0.3) is 0 Å². The van der Waals surface area contributed by atoms with Crippen molar-refractivity contribution in [3.63, 3.8) is 0 Å². The number of nitrogens with zero attached hydrogens (tertiary/aromatic N) is 2. The molecule has 1 amide bonds. The molecule has 3 heterocycles. The van der Waals surface area contributed by atoms with Gasteiger partial charge in [0.15, 0.2) is 0 Å². The Hall–Kier alpha value is -2.22. The minimum Gasteiger partial charge on any atom is -0.334 e. The molecule has 1 aromatic heterocycles. The summed E-state index contributed by atoms with van der Waals surface area (Å²) in [5, 5.41) is 3.18. The van der Waals surface area contributed by atoms with Gasteiger partial charge in [-0.15, -0.1) is 0 Å². The number of hydrogen-bond acceptors (Lipinski definition) is 5. The maximum atomic E-state index is 12.9. The largest absolute Gasteiger partial charge is 0.334 e. The van der Waals surface area contributed by atoms with Crippen molar-refractivity contribution < 1.29 is 4.79 Å². The van der Waals surface area contributed by atoms with E-state index in [-0.39, 0.29) is 11.8 Å². The molecule has 2 aromatic rings. The lowest BCUT2D eigenvalue weighted by Gasteiger charge is -2.29. The van der Waals surface area contributed by atoms with Crippen LogP contribution in [0.1, 0.15) is 37.9 Å². The SMILES string of the molecule is O=C(Nc1ccccc1-c1cn2c(n1)CCCC2)C1CCC2NNNC2C1. The molecule has 2 fully saturated rings. The standard InChI is InChI=1S/C20H26N6O/c27-20(13-8-9-16-17(11-13)24-25-23-16)22-15-6-2-1-5-14(15)18-12-26-10-4-3-7-19(26)21-18/h1-2,5-6,12-13,16-17,23-25H,3-4,7-11H2,(H,22,27). The number of benzene rings is 1. The fraction of sp³-hybridized carbons (Fsp3) is 0.500. The topological polar surface area (TPSA) is 83.0 Å². The molecule has 142 valence electrons. The molecule has 3 aliphatic rings. The summed E-state index contributed by atoms with van der Waals surface area (Å²) in [6.07, 6.45) is 8.33. The molecule has 0 spiro atoms. The number of carbonyl (C=O) groups excluding carboxylic acids is 1. The fourth-order valence-electron chi connectivity index (χ4n) is 4.56. The quantitative estimate of drug-likeness (QED) is 0.668. The molecule has 5 rings (SSSR count). The average Bonchev–Trinajstić information content (AvgIpc) is 3.34. The summed E-state index contributed by atoms with van der Waals surface area (Å²) >= 11 is 0. The molecule has 7 nitrogen and oxygen atoms in total. The van der Waals surface area contributed by atoms with Crippen LogP contribution in [0.4, 0.5) is 5.69 Å². The smallest absolute Gasteiger partial charge is 0.227 e. The first-order chi connectivity index (χ1) is 13.3. The predicted molar refractivity (Wildman–Crippen MR) is 104 cm³/mol. The average molecular weight is 366 g/mol. The second-order valence-corrected chi connectivity index (χ2v) is 7.86. The number of nitrogens with one attached hydrogen (secondary N) is 4. The lowest BCUT2D eigenvalue weighted by Crippen LogP contribution is -2.42. The van der Waals surface area contributed by atoms with Crippen LogP contribution in [0.2, 0.25) is 0 Å². The lowest BCUT2D eigenvalue weighted by atomic mass is 9.82. The summed E-state index contributed by atoms with van der Waals surface area (Å²) in [4.78, 5) is 17.8. The first-order valence-corrected chi connectivity index (χ1v) is 10.0. The summed E-state index contributed by atoms with van der Waals surface area (Å²) in [5.41, 5.74) is 12.2. The summed E-state index contributed by atoms with van der Waals surface area (Å²) in [6.45, 7) is 1.04. The number of hydrogen-bond donors (Lipinski definition) is 4. The van der Waals surface area contributed by atoms with Crippen LogP contribution >= 0.6 is 0 Å². The van der Waals surface area contributed by atoms with Crippen molar-refractivity contribution in [2.24, 2.45) is 5.92 Å². The first kappa shape index (κ1) is 16.9. The second kappa shape index (κ2) is 7.07. The molecule has 3 atom stereocenters. The maximum Gasteiger partial charge on any atom is 0.227 e. The second-order valence-electron chi connectivity index (χ2n) is 7.86. The van der Waals surface area contributed by atoms with Crippen molar-refractivity contribution in [1.29, 1.82) is 0 Å². The van der Waals surface area contributed by atoms with Gasteiger partial charge in [-0.2, -0.15) is 5.53 Å². The zero-order chi connectivity index (χ0) is 18.2. The van der Waals surface area contributed by atoms with Crippen molar-refractivity contribution in [1.82, 2.24) is 25.9 Å². The summed E-state index contributed by atoms with van der Waals surface area (Å²) in [7, 11) is 0. The molecule has 1 aliphatic carbocycles. The highest BCUT2D eigenvalue weighted by Crippen LogP contribution is 2.31. The number of hydrazine groups is 2. The Morgan fingerprint density at radius 2 is 2.04 bits per heavy atom. The number of aryl methyl sites for hydroxylation is 2. The number of imidazole rings is 1. The van der Waals surface area contributed by atoms with E-state index in [1.165, 1.54) is 12.8 Å². The molecule has 1 aromatic carbocycles. The van der Waals surface area contributed by atoms with Gasteiger partial charge < -0.3 is 9.88 Å². The van der Waals surface area contributed by atoms with E-state index in [1.54, 1.807) is 0 Å². The van der Waals surface area contributed by atoms with E-state index in [2.05, 4.69) is 32.5 Å². The highest BCUT2D eigenvalue weighted by molar-refractivity contribution is 5.96. The molecule has 0 radical (unpaired) electrons. The van der Waals surface area contributed by atoms with E-state index in [0.29, 0.717) is 12.1 Å². The molecule has 2 aliphatic heterocycles. The Kier molecular flexibility index (Phi) is 4.43. The summed E-state index contributed by atoms with van der Waals surface area (Å²) in [5.74, 6) is 1.30. The number of carbonyl (C=O) groups is 1. The molecule has 0 bridgehead atoms. The van der Waals surface area contributed by atoms with E-state index in [1.807, 2.05) is 24.3 Å². The van der Waals surface area contributed by atoms with Crippen LogP contribution in [0.25, 0.3) is 11.3 Å². The van der Waals surface area contributed by atoms with E-state index in [4.69, 9.17) is 4.98 Å². The van der Waals surface area contributed by atoms with Crippen LogP contribution in [0.15, 0.2) is 30.5 Å². The normalized spacial score (nSPS) is 27.0. The van der Waals surface area contributed by atoms with E-state index in [0.717, 1.165) is 55.0 Å². The Morgan fingerprint density at radius 1 is 1.15 bits per heavy atom. The van der Waals surface area contributed by atoms with Crippen LogP contribution in [-0.4, -0.2) is 27.5 Å². The number of anilines is 1. The van der Waals surface area contributed by atoms with Gasteiger partial charge in [0.05, 0.1) is 11.4 Å². The Labute approximate surface area is 158 Å². The van der Waals surface area contributed by atoms with Gasteiger partial charge in [0.1, 0.15) is 5.82 Å². The molecule has 7 heteroatoms. The van der Waals surface area contributed by atoms with Crippen LogP contribution in [0.5, 0.6) is 0 Å². The van der Waals surface area contributed by atoms with Crippen molar-refractivity contribution in [3.8, 4) is 11.3 Å². The van der Waals surface area contributed by atoms with Crippen molar-refractivity contribution in [3.05, 3.63) is 36.3 Å². The number of amides is 1. The zero-order valence-corrected chi connectivity index (χ0v) is 15.4. The summed E-state index contributed by atoms with van der Waals surface area (Å²) in [6, 6.07) is 8.73. The fourth-order valence-corrected chi connectivity index (χ4v) is 4.56. The molecule has 1 saturated heterocycles. The van der Waals surface area contributed by atoms with Crippen molar-refractivity contribution >= 4 is 11.6 Å². The Bertz CT molecular complexity index is 823. The van der Waals surface area contributed by atoms with Gasteiger partial charge in [-0.25, -0.2) is 15.8 Å². The monoisotopic (exact) mass is 366 g/mol. The molecule has 1 saturated carbocycles. The van der Waals surface area contributed by atoms with Crippen LogP contribution < -0.4 is 21.7 Å². The number of rotatable bonds is 3. The Balaban J connectivity index is 1.35. The minimum atomic E-state index is 0.0312. The van der Waals surface area contributed by atoms with E-state index >= 15 is 0 Å². The van der Waals surface area contributed by atoms with Crippen LogP contribution in [0, 0.1) is 5.92 Å². The summed E-state index contributed by atoms with van der Waals surface area (Å²) < 4.78 is 2.25. The third kappa shape index (κ3) is 3.26. The third-order valence-corrected chi connectivity index (χ3v) is 6.11. The number of fused-ring (bicyclic) bond motifs is 2. The highest BCUT2D eigenvalue weighted by Gasteiger charge is 2.36. The van der Waals surface area contributed by atoms with Gasteiger partial charge in [-0.05, 0) is 38.2 Å². The third-order valence-electron chi connectivity index (χ3n) is 6.11. The van der Waals surface area contributed by atoms with E-state index in [9.17, 15) is 4.79 Å². The van der Waals surface area contributed by atoms with Gasteiger partial charge in [-0.3, -0.25) is 4.79 Å². The molecular weight excluding hydrogens is 340 g/mol. The Morgan fingerprint density at radius 3 is 2.96 bits per heavy atom. The zero-order valence-electron chi connectivity index (χ0n) is 15.4.